The molecule has 1 aliphatic rings. The fourth-order valence-corrected chi connectivity index (χ4v) is 1.59. The van der Waals surface area contributed by atoms with Crippen LogP contribution in [-0.2, 0) is 0 Å². The van der Waals surface area contributed by atoms with E-state index in [9.17, 15) is 4.39 Å². The van der Waals surface area contributed by atoms with Gasteiger partial charge >= 0.3 is 0 Å². The van der Waals surface area contributed by atoms with Gasteiger partial charge in [-0.15, -0.1) is 0 Å². The maximum atomic E-state index is 13.2. The summed E-state index contributed by atoms with van der Waals surface area (Å²) in [5.41, 5.74) is 5.57. The Hall–Kier alpha value is -1.60. The van der Waals surface area contributed by atoms with Gasteiger partial charge < -0.3 is 10.5 Å². The number of hydrogen-bond donors (Lipinski definition) is 1. The summed E-state index contributed by atoms with van der Waals surface area (Å²) in [5.74, 6) is -0.229. The van der Waals surface area contributed by atoms with Gasteiger partial charge in [0, 0.05) is 6.04 Å². The summed E-state index contributed by atoms with van der Waals surface area (Å²) >= 11 is 0. The van der Waals surface area contributed by atoms with Crippen LogP contribution in [0.4, 0.5) is 4.39 Å². The van der Waals surface area contributed by atoms with E-state index in [-0.39, 0.29) is 17.7 Å². The van der Waals surface area contributed by atoms with Crippen molar-refractivity contribution in [1.29, 1.82) is 5.26 Å². The van der Waals surface area contributed by atoms with Crippen LogP contribution in [0, 0.1) is 17.1 Å². The topological polar surface area (TPSA) is 59.0 Å². The third-order valence-electron chi connectivity index (χ3n) is 2.51. The highest BCUT2D eigenvalue weighted by Gasteiger charge is 2.28. The number of hydrogen-bond acceptors (Lipinski definition) is 3. The Labute approximate surface area is 87.3 Å². The third kappa shape index (κ3) is 1.92. The van der Waals surface area contributed by atoms with Crippen LogP contribution in [-0.4, -0.2) is 12.1 Å². The van der Waals surface area contributed by atoms with Crippen molar-refractivity contribution in [3.8, 4) is 11.8 Å². The highest BCUT2D eigenvalue weighted by atomic mass is 19.1. The number of halogens is 1. The Kier molecular flexibility index (Phi) is 2.57. The van der Waals surface area contributed by atoms with Crippen molar-refractivity contribution in [3.63, 3.8) is 0 Å². The van der Waals surface area contributed by atoms with E-state index < -0.39 is 5.82 Å². The first-order chi connectivity index (χ1) is 7.20. The second-order valence-electron chi connectivity index (χ2n) is 3.70. The van der Waals surface area contributed by atoms with E-state index in [2.05, 4.69) is 0 Å². The van der Waals surface area contributed by atoms with Gasteiger partial charge in [-0.3, -0.25) is 0 Å². The minimum absolute atomic E-state index is 0.0221. The fraction of sp³-hybridized carbons (Fsp3) is 0.364. The van der Waals surface area contributed by atoms with Crippen molar-refractivity contribution in [3.05, 3.63) is 29.6 Å². The molecule has 3 nitrogen and oxygen atoms in total. The second kappa shape index (κ2) is 3.87. The molecular formula is C11H11FN2O. The van der Waals surface area contributed by atoms with E-state index in [1.165, 1.54) is 12.1 Å². The highest BCUT2D eigenvalue weighted by molar-refractivity contribution is 5.44. The highest BCUT2D eigenvalue weighted by Crippen LogP contribution is 2.27. The summed E-state index contributed by atoms with van der Waals surface area (Å²) < 4.78 is 18.7. The van der Waals surface area contributed by atoms with Crippen molar-refractivity contribution in [1.82, 2.24) is 0 Å². The molecule has 0 saturated heterocycles. The normalized spacial score (nSPS) is 24.1. The van der Waals surface area contributed by atoms with E-state index in [0.29, 0.717) is 5.75 Å². The van der Waals surface area contributed by atoms with Gasteiger partial charge in [-0.1, -0.05) is 6.07 Å². The molecule has 0 radical (unpaired) electrons. The van der Waals surface area contributed by atoms with Gasteiger partial charge in [0.15, 0.2) is 0 Å². The number of nitrogens with zero attached hydrogens (tertiary/aromatic N) is 1. The van der Waals surface area contributed by atoms with Gasteiger partial charge in [-0.25, -0.2) is 4.39 Å². The molecule has 0 amide bonds. The molecule has 0 heterocycles. The van der Waals surface area contributed by atoms with Crippen molar-refractivity contribution in [2.75, 3.05) is 0 Å². The summed E-state index contributed by atoms with van der Waals surface area (Å²) in [4.78, 5) is 0. The van der Waals surface area contributed by atoms with Crippen molar-refractivity contribution in [2.45, 2.75) is 25.0 Å². The first-order valence-electron chi connectivity index (χ1n) is 4.81. The molecule has 0 aromatic heterocycles. The number of nitrogens with two attached hydrogens (primary N) is 1. The van der Waals surface area contributed by atoms with Crippen LogP contribution in [0.1, 0.15) is 18.4 Å². The lowest BCUT2D eigenvalue weighted by molar-refractivity contribution is 0.100. The lowest BCUT2D eigenvalue weighted by atomic mass is 9.90. The summed E-state index contributed by atoms with van der Waals surface area (Å²) in [6.45, 7) is 0. The van der Waals surface area contributed by atoms with Crippen molar-refractivity contribution < 1.29 is 9.13 Å². The molecule has 0 bridgehead atoms. The predicted molar refractivity (Wildman–Crippen MR) is 52.7 cm³/mol. The predicted octanol–water partition coefficient (Wildman–Crippen LogP) is 1.57. The molecule has 2 rings (SSSR count). The minimum Gasteiger partial charge on any atom is -0.489 e. The Morgan fingerprint density at radius 2 is 2.20 bits per heavy atom. The first kappa shape index (κ1) is 9.94. The zero-order chi connectivity index (χ0) is 10.8. The maximum Gasteiger partial charge on any atom is 0.144 e. The molecule has 1 saturated carbocycles. The summed E-state index contributed by atoms with van der Waals surface area (Å²) in [7, 11) is 0. The number of ether oxygens (including phenoxy) is 1. The van der Waals surface area contributed by atoms with Crippen molar-refractivity contribution >= 4 is 0 Å². The quantitative estimate of drug-likeness (QED) is 0.798. The lowest BCUT2D eigenvalue weighted by Crippen LogP contribution is -2.43. The molecule has 1 aromatic rings. The zero-order valence-electron chi connectivity index (χ0n) is 8.11. The van der Waals surface area contributed by atoms with E-state index in [1.807, 2.05) is 0 Å². The van der Waals surface area contributed by atoms with E-state index >= 15 is 0 Å². The molecule has 2 N–H and O–H groups in total. The van der Waals surface area contributed by atoms with Gasteiger partial charge in [0.05, 0.1) is 0 Å². The van der Waals surface area contributed by atoms with Crippen LogP contribution >= 0.6 is 0 Å². The van der Waals surface area contributed by atoms with Crippen LogP contribution in [0.3, 0.4) is 0 Å². The van der Waals surface area contributed by atoms with Crippen LogP contribution < -0.4 is 10.5 Å². The molecule has 1 aliphatic carbocycles. The third-order valence-corrected chi connectivity index (χ3v) is 2.51. The van der Waals surface area contributed by atoms with Crippen LogP contribution in [0.5, 0.6) is 5.75 Å². The smallest absolute Gasteiger partial charge is 0.144 e. The molecule has 4 heteroatoms. The number of rotatable bonds is 2. The standard InChI is InChI=1S/C11H11FN2O/c12-10-2-1-3-11(9(10)6-13)15-8-4-7(14)5-8/h1-3,7-8H,4-5,14H2. The minimum atomic E-state index is -0.543. The summed E-state index contributed by atoms with van der Waals surface area (Å²) in [5, 5.41) is 8.76. The molecule has 15 heavy (non-hydrogen) atoms. The van der Waals surface area contributed by atoms with E-state index in [4.69, 9.17) is 15.7 Å². The molecule has 0 atom stereocenters. The van der Waals surface area contributed by atoms with Crippen LogP contribution in [0.15, 0.2) is 18.2 Å². The second-order valence-corrected chi connectivity index (χ2v) is 3.70. The van der Waals surface area contributed by atoms with E-state index in [0.717, 1.165) is 12.8 Å². The SMILES string of the molecule is N#Cc1c(F)cccc1OC1CC(N)C1. The number of benzene rings is 1. The molecule has 1 aromatic carbocycles. The van der Waals surface area contributed by atoms with Gasteiger partial charge in [-0.2, -0.15) is 5.26 Å². The average molecular weight is 206 g/mol. The molecular weight excluding hydrogens is 195 g/mol. The van der Waals surface area contributed by atoms with Crippen LogP contribution in [0.25, 0.3) is 0 Å². The Bertz CT molecular complexity index is 408. The molecule has 1 fully saturated rings. The largest absolute Gasteiger partial charge is 0.489 e. The van der Waals surface area contributed by atoms with Gasteiger partial charge in [0.25, 0.3) is 0 Å². The molecule has 0 aliphatic heterocycles. The van der Waals surface area contributed by atoms with E-state index in [1.54, 1.807) is 12.1 Å². The first-order valence-corrected chi connectivity index (χ1v) is 4.81. The van der Waals surface area contributed by atoms with Gasteiger partial charge in [0.1, 0.15) is 29.3 Å². The molecule has 78 valence electrons. The van der Waals surface area contributed by atoms with Crippen LogP contribution in [0.2, 0.25) is 0 Å². The fourth-order valence-electron chi connectivity index (χ4n) is 1.59. The monoisotopic (exact) mass is 206 g/mol. The Balaban J connectivity index is 2.15. The Morgan fingerprint density at radius 3 is 2.80 bits per heavy atom. The average Bonchev–Trinajstić information content (AvgIpc) is 2.16. The zero-order valence-corrected chi connectivity index (χ0v) is 8.11. The molecule has 0 spiro atoms. The van der Waals surface area contributed by atoms with Gasteiger partial charge in [-0.05, 0) is 25.0 Å². The number of nitriles is 1. The Morgan fingerprint density at radius 1 is 1.47 bits per heavy atom. The molecule has 0 unspecified atom stereocenters. The summed E-state index contributed by atoms with van der Waals surface area (Å²) in [6, 6.07) is 6.35. The maximum absolute atomic E-state index is 13.2. The van der Waals surface area contributed by atoms with Crippen molar-refractivity contribution in [2.24, 2.45) is 5.73 Å². The lowest BCUT2D eigenvalue weighted by Gasteiger charge is -2.32. The summed E-state index contributed by atoms with van der Waals surface area (Å²) in [6.07, 6.45) is 1.55. The van der Waals surface area contributed by atoms with Gasteiger partial charge in [0.2, 0.25) is 0 Å².